The number of aryl methyl sites for hydroxylation is 1. The van der Waals surface area contributed by atoms with E-state index in [4.69, 9.17) is 13.9 Å². The SMILES string of the molecule is CC(=O)N[C@@H](C)COc1ccc(-c2nc3ccc(OCC4CC4)cc3o2)nc1C. The van der Waals surface area contributed by atoms with E-state index in [1.165, 1.54) is 19.8 Å². The summed E-state index contributed by atoms with van der Waals surface area (Å²) in [5, 5.41) is 2.79. The summed E-state index contributed by atoms with van der Waals surface area (Å²) in [7, 11) is 0. The van der Waals surface area contributed by atoms with Gasteiger partial charge in [0.1, 0.15) is 29.3 Å². The number of rotatable bonds is 8. The molecule has 4 rings (SSSR count). The van der Waals surface area contributed by atoms with Crippen molar-refractivity contribution < 1.29 is 18.7 Å². The Hall–Kier alpha value is -3.09. The van der Waals surface area contributed by atoms with Crippen LogP contribution in [0.15, 0.2) is 34.7 Å². The number of amides is 1. The van der Waals surface area contributed by atoms with Crippen molar-refractivity contribution in [2.45, 2.75) is 39.7 Å². The molecule has 1 atom stereocenters. The molecule has 1 saturated carbocycles. The summed E-state index contributed by atoms with van der Waals surface area (Å²) >= 11 is 0. The van der Waals surface area contributed by atoms with E-state index in [0.717, 1.165) is 23.6 Å². The number of oxazole rings is 1. The minimum absolute atomic E-state index is 0.0802. The highest BCUT2D eigenvalue weighted by atomic mass is 16.5. The standard InChI is InChI=1S/C22H25N3O4/c1-13(23-15(3)26)11-28-20-9-8-19(24-14(20)2)22-25-18-7-6-17(10-21(18)29-22)27-12-16-4-5-16/h6-10,13,16H,4-5,11-12H2,1-3H3,(H,23,26)/t13-/m0/s1. The normalized spacial score (nSPS) is 14.6. The molecule has 7 nitrogen and oxygen atoms in total. The van der Waals surface area contributed by atoms with Gasteiger partial charge in [-0.1, -0.05) is 0 Å². The monoisotopic (exact) mass is 395 g/mol. The number of hydrogen-bond acceptors (Lipinski definition) is 6. The Labute approximate surface area is 169 Å². The fraction of sp³-hybridized carbons (Fsp3) is 0.409. The van der Waals surface area contributed by atoms with Crippen LogP contribution in [0.3, 0.4) is 0 Å². The molecular weight excluding hydrogens is 370 g/mol. The van der Waals surface area contributed by atoms with Gasteiger partial charge in [-0.25, -0.2) is 9.97 Å². The van der Waals surface area contributed by atoms with Crippen molar-refractivity contribution in [3.63, 3.8) is 0 Å². The zero-order valence-electron chi connectivity index (χ0n) is 16.9. The zero-order valence-corrected chi connectivity index (χ0v) is 16.9. The Kier molecular flexibility index (Phi) is 5.38. The van der Waals surface area contributed by atoms with Gasteiger partial charge in [0.25, 0.3) is 0 Å². The summed E-state index contributed by atoms with van der Waals surface area (Å²) in [5.41, 5.74) is 2.81. The van der Waals surface area contributed by atoms with Crippen molar-refractivity contribution in [1.82, 2.24) is 15.3 Å². The van der Waals surface area contributed by atoms with Crippen molar-refractivity contribution in [1.29, 1.82) is 0 Å². The van der Waals surface area contributed by atoms with Gasteiger partial charge in [-0.2, -0.15) is 0 Å². The molecule has 0 radical (unpaired) electrons. The lowest BCUT2D eigenvalue weighted by Crippen LogP contribution is -2.35. The molecule has 29 heavy (non-hydrogen) atoms. The largest absolute Gasteiger partial charge is 0.493 e. The Balaban J connectivity index is 1.46. The van der Waals surface area contributed by atoms with E-state index in [1.54, 1.807) is 0 Å². The summed E-state index contributed by atoms with van der Waals surface area (Å²) < 4.78 is 17.5. The third kappa shape index (κ3) is 4.85. The molecule has 152 valence electrons. The summed E-state index contributed by atoms with van der Waals surface area (Å²) in [5.74, 6) is 2.54. The number of ether oxygens (including phenoxy) is 2. The van der Waals surface area contributed by atoms with Crippen LogP contribution in [0.5, 0.6) is 11.5 Å². The molecule has 2 aromatic heterocycles. The van der Waals surface area contributed by atoms with Crippen LogP contribution in [-0.4, -0.2) is 35.1 Å². The first-order chi connectivity index (χ1) is 14.0. The second-order valence-corrected chi connectivity index (χ2v) is 7.60. The molecule has 1 aliphatic carbocycles. The Morgan fingerprint density at radius 1 is 1.24 bits per heavy atom. The Morgan fingerprint density at radius 3 is 2.79 bits per heavy atom. The lowest BCUT2D eigenvalue weighted by Gasteiger charge is -2.15. The average Bonchev–Trinajstić information content (AvgIpc) is 3.41. The molecular formula is C22H25N3O4. The highest BCUT2D eigenvalue weighted by molar-refractivity contribution is 5.77. The minimum atomic E-state index is -0.0834. The minimum Gasteiger partial charge on any atom is -0.493 e. The quantitative estimate of drug-likeness (QED) is 0.623. The fourth-order valence-corrected chi connectivity index (χ4v) is 3.03. The topological polar surface area (TPSA) is 86.5 Å². The van der Waals surface area contributed by atoms with Gasteiger partial charge < -0.3 is 19.2 Å². The highest BCUT2D eigenvalue weighted by Gasteiger charge is 2.22. The molecule has 0 aliphatic heterocycles. The first kappa shape index (κ1) is 19.2. The van der Waals surface area contributed by atoms with Crippen molar-refractivity contribution >= 4 is 17.0 Å². The number of aromatic nitrogens is 2. The summed E-state index contributed by atoms with van der Waals surface area (Å²) in [6.45, 7) is 6.37. The molecule has 3 aromatic rings. The number of hydrogen-bond donors (Lipinski definition) is 1. The fourth-order valence-electron chi connectivity index (χ4n) is 3.03. The maximum atomic E-state index is 11.1. The van der Waals surface area contributed by atoms with Crippen LogP contribution in [0.2, 0.25) is 0 Å². The Morgan fingerprint density at radius 2 is 2.07 bits per heavy atom. The molecule has 0 unspecified atom stereocenters. The van der Waals surface area contributed by atoms with E-state index < -0.39 is 0 Å². The molecule has 1 N–H and O–H groups in total. The lowest BCUT2D eigenvalue weighted by molar-refractivity contribution is -0.119. The maximum Gasteiger partial charge on any atom is 0.246 e. The number of nitrogens with zero attached hydrogens (tertiary/aromatic N) is 2. The summed E-state index contributed by atoms with van der Waals surface area (Å²) in [6.07, 6.45) is 2.51. The van der Waals surface area contributed by atoms with E-state index >= 15 is 0 Å². The first-order valence-corrected chi connectivity index (χ1v) is 9.89. The predicted molar refractivity (Wildman–Crippen MR) is 109 cm³/mol. The van der Waals surface area contributed by atoms with Crippen molar-refractivity contribution in [3.05, 3.63) is 36.0 Å². The van der Waals surface area contributed by atoms with Crippen LogP contribution in [0.1, 0.15) is 32.4 Å². The number of carbonyl (C=O) groups excluding carboxylic acids is 1. The van der Waals surface area contributed by atoms with Gasteiger partial charge in [0, 0.05) is 13.0 Å². The van der Waals surface area contributed by atoms with Gasteiger partial charge in [0.15, 0.2) is 5.58 Å². The van der Waals surface area contributed by atoms with Crippen molar-refractivity contribution in [3.8, 4) is 23.1 Å². The van der Waals surface area contributed by atoms with E-state index in [-0.39, 0.29) is 11.9 Å². The third-order valence-corrected chi connectivity index (χ3v) is 4.74. The third-order valence-electron chi connectivity index (χ3n) is 4.74. The van der Waals surface area contributed by atoms with Gasteiger partial charge in [-0.05, 0) is 56.9 Å². The first-order valence-electron chi connectivity index (χ1n) is 9.89. The van der Waals surface area contributed by atoms with Crippen LogP contribution in [0.4, 0.5) is 0 Å². The van der Waals surface area contributed by atoms with Gasteiger partial charge in [-0.15, -0.1) is 0 Å². The average molecular weight is 395 g/mol. The molecule has 0 bridgehead atoms. The van der Waals surface area contributed by atoms with Crippen LogP contribution >= 0.6 is 0 Å². The van der Waals surface area contributed by atoms with Crippen molar-refractivity contribution in [2.24, 2.45) is 5.92 Å². The lowest BCUT2D eigenvalue weighted by atomic mass is 10.3. The van der Waals surface area contributed by atoms with E-state index in [9.17, 15) is 4.79 Å². The Bertz CT molecular complexity index is 1030. The maximum absolute atomic E-state index is 11.1. The van der Waals surface area contributed by atoms with E-state index in [0.29, 0.717) is 35.4 Å². The zero-order chi connectivity index (χ0) is 20.4. The number of fused-ring (bicyclic) bond motifs is 1. The van der Waals surface area contributed by atoms with E-state index in [2.05, 4.69) is 15.3 Å². The predicted octanol–water partition coefficient (Wildman–Crippen LogP) is 3.89. The van der Waals surface area contributed by atoms with Gasteiger partial charge in [0.05, 0.1) is 18.3 Å². The smallest absolute Gasteiger partial charge is 0.246 e. The molecule has 1 fully saturated rings. The van der Waals surface area contributed by atoms with Crippen LogP contribution in [-0.2, 0) is 4.79 Å². The molecule has 7 heteroatoms. The second kappa shape index (κ2) is 8.11. The van der Waals surface area contributed by atoms with Crippen LogP contribution in [0.25, 0.3) is 22.7 Å². The summed E-state index contributed by atoms with van der Waals surface area (Å²) in [4.78, 5) is 20.2. The van der Waals surface area contributed by atoms with Gasteiger partial charge >= 0.3 is 0 Å². The molecule has 1 aromatic carbocycles. The second-order valence-electron chi connectivity index (χ2n) is 7.60. The molecule has 2 heterocycles. The number of carbonyl (C=O) groups is 1. The highest BCUT2D eigenvalue weighted by Crippen LogP contribution is 2.31. The van der Waals surface area contributed by atoms with Gasteiger partial charge in [0.2, 0.25) is 11.8 Å². The summed E-state index contributed by atoms with van der Waals surface area (Å²) in [6, 6.07) is 9.28. The molecule has 1 amide bonds. The van der Waals surface area contributed by atoms with E-state index in [1.807, 2.05) is 44.2 Å². The molecule has 0 spiro atoms. The van der Waals surface area contributed by atoms with Crippen molar-refractivity contribution in [2.75, 3.05) is 13.2 Å². The van der Waals surface area contributed by atoms with Gasteiger partial charge in [-0.3, -0.25) is 4.79 Å². The number of benzene rings is 1. The van der Waals surface area contributed by atoms with Crippen LogP contribution < -0.4 is 14.8 Å². The molecule has 0 saturated heterocycles. The number of pyridine rings is 1. The van der Waals surface area contributed by atoms with Crippen LogP contribution in [0, 0.1) is 12.8 Å². The molecule has 1 aliphatic rings. The number of nitrogens with one attached hydrogen (secondary N) is 1.